The minimum Gasteiger partial charge on any atom is -0.457 e. The second-order valence-corrected chi connectivity index (χ2v) is 7.72. The fourth-order valence-electron chi connectivity index (χ4n) is 1.67. The molecule has 0 heterocycles. The summed E-state index contributed by atoms with van der Waals surface area (Å²) in [5.41, 5.74) is 6.27. The normalized spacial score (nSPS) is 11.1. The summed E-state index contributed by atoms with van der Waals surface area (Å²) in [4.78, 5) is 0.458. The number of benzene rings is 2. The summed E-state index contributed by atoms with van der Waals surface area (Å²) < 4.78 is 29.4. The Hall–Kier alpha value is -1.44. The second-order valence-electron chi connectivity index (χ2n) is 4.35. The number of rotatable bonds is 4. The molecule has 0 saturated heterocycles. The monoisotopic (exact) mass is 385 g/mol. The Labute approximate surface area is 137 Å². The average molecular weight is 386 g/mol. The third-order valence-electron chi connectivity index (χ3n) is 2.69. The molecule has 0 aliphatic carbocycles. The molecule has 0 fully saturated rings. The van der Waals surface area contributed by atoms with Gasteiger partial charge in [-0.05, 0) is 42.5 Å². The summed E-state index contributed by atoms with van der Waals surface area (Å²) in [6, 6.07) is 11.5. The van der Waals surface area contributed by atoms with Gasteiger partial charge in [0.25, 0.3) is 0 Å². The Bertz CT molecular complexity index is 786. The lowest BCUT2D eigenvalue weighted by atomic mass is 10.2. The van der Waals surface area contributed by atoms with Gasteiger partial charge in [-0.3, -0.25) is 0 Å². The molecule has 0 bridgehead atoms. The number of thiocarbonyl (C=S) groups is 1. The molecule has 21 heavy (non-hydrogen) atoms. The first kappa shape index (κ1) is 15.9. The standard InChI is InChI=1S/C14H12BrNO3S2/c1-21(17,18)11-5-3-10(4-6-11)19-13-7-2-9(15)8-12(13)14(16)20/h2-8H,1H3,(H2,16,20). The number of hydrogen-bond acceptors (Lipinski definition) is 4. The van der Waals surface area contributed by atoms with Crippen molar-refractivity contribution in [2.24, 2.45) is 5.73 Å². The Morgan fingerprint density at radius 3 is 2.33 bits per heavy atom. The highest BCUT2D eigenvalue weighted by Gasteiger charge is 2.10. The SMILES string of the molecule is CS(=O)(=O)c1ccc(Oc2ccc(Br)cc2C(N)=S)cc1. The number of nitrogens with two attached hydrogens (primary N) is 1. The van der Waals surface area contributed by atoms with Crippen LogP contribution in [0, 0.1) is 0 Å². The molecule has 110 valence electrons. The predicted octanol–water partition coefficient (Wildman–Crippen LogP) is 3.28. The van der Waals surface area contributed by atoms with Crippen molar-refractivity contribution in [2.45, 2.75) is 4.90 Å². The summed E-state index contributed by atoms with van der Waals surface area (Å²) >= 11 is 8.34. The molecule has 2 aromatic rings. The molecule has 4 nitrogen and oxygen atoms in total. The van der Waals surface area contributed by atoms with Crippen LogP contribution in [0.1, 0.15) is 5.56 Å². The van der Waals surface area contributed by atoms with E-state index >= 15 is 0 Å². The molecule has 7 heteroatoms. The first-order chi connectivity index (χ1) is 9.77. The molecule has 0 amide bonds. The van der Waals surface area contributed by atoms with Gasteiger partial charge in [0.15, 0.2) is 9.84 Å². The van der Waals surface area contributed by atoms with Gasteiger partial charge in [0.1, 0.15) is 16.5 Å². The van der Waals surface area contributed by atoms with Gasteiger partial charge in [-0.2, -0.15) is 0 Å². The van der Waals surface area contributed by atoms with Gasteiger partial charge in [-0.1, -0.05) is 28.1 Å². The van der Waals surface area contributed by atoms with Crippen molar-refractivity contribution in [1.82, 2.24) is 0 Å². The molecule has 0 spiro atoms. The molecule has 0 aliphatic heterocycles. The lowest BCUT2D eigenvalue weighted by Crippen LogP contribution is -2.10. The summed E-state index contributed by atoms with van der Waals surface area (Å²) in [6.45, 7) is 0. The maximum absolute atomic E-state index is 11.4. The van der Waals surface area contributed by atoms with Crippen molar-refractivity contribution in [3.63, 3.8) is 0 Å². The van der Waals surface area contributed by atoms with Crippen molar-refractivity contribution >= 4 is 43.0 Å². The summed E-state index contributed by atoms with van der Waals surface area (Å²) in [5, 5.41) is 0. The summed E-state index contributed by atoms with van der Waals surface area (Å²) in [5.74, 6) is 1.01. The molecular weight excluding hydrogens is 374 g/mol. The van der Waals surface area contributed by atoms with E-state index in [1.807, 2.05) is 6.07 Å². The number of sulfone groups is 1. The first-order valence-corrected chi connectivity index (χ1v) is 8.94. The van der Waals surface area contributed by atoms with E-state index in [9.17, 15) is 8.42 Å². The number of halogens is 1. The van der Waals surface area contributed by atoms with Gasteiger partial charge in [0, 0.05) is 10.7 Å². The predicted molar refractivity (Wildman–Crippen MR) is 89.7 cm³/mol. The smallest absolute Gasteiger partial charge is 0.175 e. The molecule has 0 aromatic heterocycles. The molecule has 2 aromatic carbocycles. The summed E-state index contributed by atoms with van der Waals surface area (Å²) in [6.07, 6.45) is 1.16. The lowest BCUT2D eigenvalue weighted by Gasteiger charge is -2.11. The fraction of sp³-hybridized carbons (Fsp3) is 0.0714. The van der Waals surface area contributed by atoms with E-state index in [1.165, 1.54) is 12.1 Å². The molecular formula is C14H12BrNO3S2. The minimum absolute atomic E-state index is 0.221. The second kappa shape index (κ2) is 6.13. The zero-order chi connectivity index (χ0) is 15.6. The lowest BCUT2D eigenvalue weighted by molar-refractivity contribution is 0.481. The van der Waals surface area contributed by atoms with Gasteiger partial charge >= 0.3 is 0 Å². The molecule has 0 atom stereocenters. The zero-order valence-electron chi connectivity index (χ0n) is 11.0. The van der Waals surface area contributed by atoms with Crippen LogP contribution in [0.4, 0.5) is 0 Å². The molecule has 2 N–H and O–H groups in total. The van der Waals surface area contributed by atoms with E-state index in [1.54, 1.807) is 24.3 Å². The Morgan fingerprint density at radius 1 is 1.19 bits per heavy atom. The van der Waals surface area contributed by atoms with Crippen LogP contribution in [-0.2, 0) is 9.84 Å². The van der Waals surface area contributed by atoms with E-state index < -0.39 is 9.84 Å². The molecule has 2 rings (SSSR count). The topological polar surface area (TPSA) is 69.4 Å². The Morgan fingerprint density at radius 2 is 1.81 bits per heavy atom. The largest absolute Gasteiger partial charge is 0.457 e. The van der Waals surface area contributed by atoms with Crippen LogP contribution in [0.5, 0.6) is 11.5 Å². The van der Waals surface area contributed by atoms with Crippen molar-refractivity contribution < 1.29 is 13.2 Å². The van der Waals surface area contributed by atoms with Gasteiger partial charge in [0.2, 0.25) is 0 Å². The quantitative estimate of drug-likeness (QED) is 0.817. The zero-order valence-corrected chi connectivity index (χ0v) is 14.3. The van der Waals surface area contributed by atoms with Crippen molar-refractivity contribution in [3.05, 3.63) is 52.5 Å². The fourth-order valence-corrected chi connectivity index (χ4v) is 2.82. The molecule has 0 saturated carbocycles. The van der Waals surface area contributed by atoms with E-state index in [0.29, 0.717) is 17.1 Å². The Kier molecular flexibility index (Phi) is 4.65. The highest BCUT2D eigenvalue weighted by Crippen LogP contribution is 2.28. The Balaban J connectivity index is 2.33. The van der Waals surface area contributed by atoms with Crippen molar-refractivity contribution in [2.75, 3.05) is 6.26 Å². The van der Waals surface area contributed by atoms with Crippen LogP contribution in [0.15, 0.2) is 51.8 Å². The van der Waals surface area contributed by atoms with Gasteiger partial charge in [-0.25, -0.2) is 8.42 Å². The van der Waals surface area contributed by atoms with E-state index in [-0.39, 0.29) is 9.88 Å². The van der Waals surface area contributed by atoms with Crippen LogP contribution < -0.4 is 10.5 Å². The van der Waals surface area contributed by atoms with Crippen LogP contribution in [0.2, 0.25) is 0 Å². The van der Waals surface area contributed by atoms with Crippen LogP contribution in [0.3, 0.4) is 0 Å². The van der Waals surface area contributed by atoms with E-state index in [4.69, 9.17) is 22.7 Å². The van der Waals surface area contributed by atoms with E-state index in [2.05, 4.69) is 15.9 Å². The van der Waals surface area contributed by atoms with Crippen LogP contribution in [-0.4, -0.2) is 19.7 Å². The highest BCUT2D eigenvalue weighted by atomic mass is 79.9. The van der Waals surface area contributed by atoms with Crippen molar-refractivity contribution in [1.29, 1.82) is 0 Å². The third-order valence-corrected chi connectivity index (χ3v) is 4.53. The molecule has 0 unspecified atom stereocenters. The van der Waals surface area contributed by atoms with Gasteiger partial charge < -0.3 is 10.5 Å². The van der Waals surface area contributed by atoms with Crippen LogP contribution >= 0.6 is 28.1 Å². The van der Waals surface area contributed by atoms with Gasteiger partial charge in [-0.15, -0.1) is 0 Å². The van der Waals surface area contributed by atoms with E-state index in [0.717, 1.165) is 10.7 Å². The van der Waals surface area contributed by atoms with Crippen molar-refractivity contribution in [3.8, 4) is 11.5 Å². The summed E-state index contributed by atoms with van der Waals surface area (Å²) in [7, 11) is -3.22. The van der Waals surface area contributed by atoms with Gasteiger partial charge in [0.05, 0.1) is 10.5 Å². The average Bonchev–Trinajstić information content (AvgIpc) is 2.40. The van der Waals surface area contributed by atoms with Crippen LogP contribution in [0.25, 0.3) is 0 Å². The third kappa shape index (κ3) is 4.03. The molecule has 0 aliphatic rings. The number of ether oxygens (including phenoxy) is 1. The highest BCUT2D eigenvalue weighted by molar-refractivity contribution is 9.10. The first-order valence-electron chi connectivity index (χ1n) is 5.85. The maximum Gasteiger partial charge on any atom is 0.175 e. The minimum atomic E-state index is -3.22. The maximum atomic E-state index is 11.4. The number of hydrogen-bond donors (Lipinski definition) is 1. The molecule has 0 radical (unpaired) electrons.